The van der Waals surface area contributed by atoms with Crippen LogP contribution in [0.25, 0.3) is 0 Å². The molecular weight excluding hydrogens is 262 g/mol. The van der Waals surface area contributed by atoms with E-state index in [-0.39, 0.29) is 0 Å². The second-order valence-electron chi connectivity index (χ2n) is 6.48. The van der Waals surface area contributed by atoms with Gasteiger partial charge in [0.1, 0.15) is 6.10 Å². The lowest BCUT2D eigenvalue weighted by Gasteiger charge is -2.30. The fourth-order valence-electron chi connectivity index (χ4n) is 2.97. The van der Waals surface area contributed by atoms with Crippen LogP contribution in [0.5, 0.6) is 5.88 Å². The van der Waals surface area contributed by atoms with Crippen molar-refractivity contribution in [2.75, 3.05) is 6.54 Å². The van der Waals surface area contributed by atoms with Gasteiger partial charge in [0.15, 0.2) is 0 Å². The number of nitrogens with one attached hydrogen (secondary N) is 1. The summed E-state index contributed by atoms with van der Waals surface area (Å²) in [4.78, 5) is 8.86. The van der Waals surface area contributed by atoms with Gasteiger partial charge in [-0.05, 0) is 44.1 Å². The summed E-state index contributed by atoms with van der Waals surface area (Å²) in [5.41, 5.74) is 0.956. The van der Waals surface area contributed by atoms with Crippen LogP contribution in [-0.4, -0.2) is 22.6 Å². The summed E-state index contributed by atoms with van der Waals surface area (Å²) in [6.07, 6.45) is 10.1. The highest BCUT2D eigenvalue weighted by molar-refractivity contribution is 5.09. The molecule has 1 aliphatic carbocycles. The van der Waals surface area contributed by atoms with Crippen molar-refractivity contribution in [3.05, 3.63) is 18.1 Å². The van der Waals surface area contributed by atoms with Crippen LogP contribution in [0.15, 0.2) is 12.4 Å². The third-order valence-corrected chi connectivity index (χ3v) is 4.16. The molecule has 1 fully saturated rings. The van der Waals surface area contributed by atoms with Gasteiger partial charge in [0.05, 0.1) is 11.9 Å². The van der Waals surface area contributed by atoms with E-state index in [0.717, 1.165) is 25.2 Å². The van der Waals surface area contributed by atoms with Crippen LogP contribution in [0.2, 0.25) is 0 Å². The lowest BCUT2D eigenvalue weighted by molar-refractivity contribution is 0.0851. The Morgan fingerprint density at radius 2 is 2.10 bits per heavy atom. The summed E-state index contributed by atoms with van der Waals surface area (Å²) >= 11 is 0. The van der Waals surface area contributed by atoms with Crippen molar-refractivity contribution in [3.8, 4) is 5.88 Å². The highest BCUT2D eigenvalue weighted by atomic mass is 16.5. The lowest BCUT2D eigenvalue weighted by Crippen LogP contribution is -2.30. The monoisotopic (exact) mass is 291 g/mol. The number of ether oxygens (including phenoxy) is 1. The molecule has 0 radical (unpaired) electrons. The topological polar surface area (TPSA) is 47.0 Å². The Labute approximate surface area is 128 Å². The third-order valence-electron chi connectivity index (χ3n) is 4.16. The Kier molecular flexibility index (Phi) is 6.43. The molecule has 1 aliphatic rings. The molecular formula is C17H29N3O. The van der Waals surface area contributed by atoms with Crippen molar-refractivity contribution in [1.82, 2.24) is 15.3 Å². The SMILES string of the molecule is CCC1CCCCC1Oc1cncc(CNCC(C)C)n1. The van der Waals surface area contributed by atoms with E-state index in [1.54, 1.807) is 6.20 Å². The highest BCUT2D eigenvalue weighted by Gasteiger charge is 2.25. The molecule has 118 valence electrons. The van der Waals surface area contributed by atoms with Crippen LogP contribution >= 0.6 is 0 Å². The second kappa shape index (κ2) is 8.32. The van der Waals surface area contributed by atoms with E-state index in [9.17, 15) is 0 Å². The van der Waals surface area contributed by atoms with Gasteiger partial charge >= 0.3 is 0 Å². The molecule has 2 atom stereocenters. The van der Waals surface area contributed by atoms with Gasteiger partial charge in [-0.15, -0.1) is 0 Å². The van der Waals surface area contributed by atoms with Crippen LogP contribution in [-0.2, 0) is 6.54 Å². The first-order valence-electron chi connectivity index (χ1n) is 8.37. The van der Waals surface area contributed by atoms with Crippen LogP contribution in [0, 0.1) is 11.8 Å². The average Bonchev–Trinajstić information content (AvgIpc) is 2.48. The molecule has 21 heavy (non-hydrogen) atoms. The molecule has 0 amide bonds. The quantitative estimate of drug-likeness (QED) is 0.834. The average molecular weight is 291 g/mol. The Bertz CT molecular complexity index is 422. The van der Waals surface area contributed by atoms with Crippen LogP contribution in [0.3, 0.4) is 0 Å². The molecule has 0 saturated heterocycles. The molecule has 1 N–H and O–H groups in total. The predicted octanol–water partition coefficient (Wildman–Crippen LogP) is 3.57. The summed E-state index contributed by atoms with van der Waals surface area (Å²) in [5, 5.41) is 3.39. The minimum Gasteiger partial charge on any atom is -0.473 e. The van der Waals surface area contributed by atoms with Gasteiger partial charge in [0.2, 0.25) is 5.88 Å². The maximum Gasteiger partial charge on any atom is 0.232 e. The zero-order chi connectivity index (χ0) is 15.1. The first-order chi connectivity index (χ1) is 10.2. The van der Waals surface area contributed by atoms with Crippen molar-refractivity contribution < 1.29 is 4.74 Å². The molecule has 2 rings (SSSR count). The minimum atomic E-state index is 0.317. The molecule has 1 aromatic heterocycles. The van der Waals surface area contributed by atoms with E-state index in [4.69, 9.17) is 4.74 Å². The predicted molar refractivity (Wildman–Crippen MR) is 85.2 cm³/mol. The van der Waals surface area contributed by atoms with E-state index in [1.807, 2.05) is 6.20 Å². The number of hydrogen-bond donors (Lipinski definition) is 1. The third kappa shape index (κ3) is 5.27. The molecule has 0 spiro atoms. The largest absolute Gasteiger partial charge is 0.473 e. The van der Waals surface area contributed by atoms with Gasteiger partial charge in [0.25, 0.3) is 0 Å². The van der Waals surface area contributed by atoms with E-state index < -0.39 is 0 Å². The molecule has 4 nitrogen and oxygen atoms in total. The number of rotatable bonds is 7. The van der Waals surface area contributed by atoms with Gasteiger partial charge in [-0.25, -0.2) is 4.98 Å². The normalized spacial score (nSPS) is 22.5. The first-order valence-corrected chi connectivity index (χ1v) is 8.37. The van der Waals surface area contributed by atoms with Crippen molar-refractivity contribution in [3.63, 3.8) is 0 Å². The maximum atomic E-state index is 6.13. The van der Waals surface area contributed by atoms with Crippen molar-refractivity contribution >= 4 is 0 Å². The fraction of sp³-hybridized carbons (Fsp3) is 0.765. The van der Waals surface area contributed by atoms with E-state index in [2.05, 4.69) is 36.1 Å². The van der Waals surface area contributed by atoms with E-state index in [0.29, 0.717) is 23.8 Å². The summed E-state index contributed by atoms with van der Waals surface area (Å²) in [6, 6.07) is 0. The number of hydrogen-bond acceptors (Lipinski definition) is 4. The maximum absolute atomic E-state index is 6.13. The first kappa shape index (κ1) is 16.2. The Morgan fingerprint density at radius 3 is 2.86 bits per heavy atom. The molecule has 1 heterocycles. The van der Waals surface area contributed by atoms with Crippen LogP contribution in [0.1, 0.15) is 58.6 Å². The molecule has 2 unspecified atom stereocenters. The summed E-state index contributed by atoms with van der Waals surface area (Å²) in [5.74, 6) is 2.00. The second-order valence-corrected chi connectivity index (χ2v) is 6.48. The Morgan fingerprint density at radius 1 is 1.29 bits per heavy atom. The lowest BCUT2D eigenvalue weighted by atomic mass is 9.85. The summed E-state index contributed by atoms with van der Waals surface area (Å²) < 4.78 is 6.13. The van der Waals surface area contributed by atoms with Crippen LogP contribution in [0.4, 0.5) is 0 Å². The smallest absolute Gasteiger partial charge is 0.232 e. The van der Waals surface area contributed by atoms with Gasteiger partial charge in [-0.2, -0.15) is 0 Å². The standard InChI is InChI=1S/C17H29N3O/c1-4-14-7-5-6-8-16(14)21-17-12-19-11-15(20-17)10-18-9-13(2)3/h11-14,16,18H,4-10H2,1-3H3. The summed E-state index contributed by atoms with van der Waals surface area (Å²) in [7, 11) is 0. The minimum absolute atomic E-state index is 0.317. The molecule has 1 saturated carbocycles. The van der Waals surface area contributed by atoms with Crippen LogP contribution < -0.4 is 10.1 Å². The van der Waals surface area contributed by atoms with Crippen molar-refractivity contribution in [2.45, 2.75) is 65.5 Å². The Hall–Kier alpha value is -1.16. The van der Waals surface area contributed by atoms with Gasteiger partial charge in [-0.3, -0.25) is 4.98 Å². The van der Waals surface area contributed by atoms with E-state index >= 15 is 0 Å². The molecule has 0 bridgehead atoms. The van der Waals surface area contributed by atoms with Gasteiger partial charge in [-0.1, -0.05) is 27.2 Å². The number of nitrogens with zero attached hydrogens (tertiary/aromatic N) is 2. The fourth-order valence-corrected chi connectivity index (χ4v) is 2.97. The molecule has 1 aromatic rings. The molecule has 4 heteroatoms. The van der Waals surface area contributed by atoms with E-state index in [1.165, 1.54) is 25.7 Å². The zero-order valence-electron chi connectivity index (χ0n) is 13.6. The highest BCUT2D eigenvalue weighted by Crippen LogP contribution is 2.29. The van der Waals surface area contributed by atoms with Crippen molar-refractivity contribution in [1.29, 1.82) is 0 Å². The number of aromatic nitrogens is 2. The zero-order valence-corrected chi connectivity index (χ0v) is 13.6. The molecule has 0 aromatic carbocycles. The van der Waals surface area contributed by atoms with Crippen molar-refractivity contribution in [2.24, 2.45) is 11.8 Å². The Balaban J connectivity index is 1.90. The van der Waals surface area contributed by atoms with Gasteiger partial charge < -0.3 is 10.1 Å². The summed E-state index contributed by atoms with van der Waals surface area (Å²) in [6.45, 7) is 8.40. The van der Waals surface area contributed by atoms with Gasteiger partial charge in [0, 0.05) is 12.7 Å². The molecule has 0 aliphatic heterocycles.